The van der Waals surface area contributed by atoms with Crippen LogP contribution in [-0.4, -0.2) is 57.2 Å². The molecule has 0 aliphatic carbocycles. The van der Waals surface area contributed by atoms with Gasteiger partial charge in [0.1, 0.15) is 5.75 Å². The fourth-order valence-corrected chi connectivity index (χ4v) is 4.06. The van der Waals surface area contributed by atoms with E-state index in [4.69, 9.17) is 22.3 Å². The van der Waals surface area contributed by atoms with E-state index in [2.05, 4.69) is 26.9 Å². The van der Waals surface area contributed by atoms with Crippen LogP contribution in [0.4, 0.5) is 5.69 Å². The smallest absolute Gasteiger partial charge is 0.161 e. The number of pyridine rings is 2. The second-order valence-electron chi connectivity index (χ2n) is 8.47. The Morgan fingerprint density at radius 3 is 2.82 bits per heavy atom. The summed E-state index contributed by atoms with van der Waals surface area (Å²) in [6.07, 6.45) is 3.69. The number of fused-ring (bicyclic) bond motifs is 2. The highest BCUT2D eigenvalue weighted by atomic mass is 35.5. The average Bonchev–Trinajstić information content (AvgIpc) is 3.16. The quantitative estimate of drug-likeness (QED) is 0.399. The summed E-state index contributed by atoms with van der Waals surface area (Å²) in [4.78, 5) is 15.8. The number of aromatic nitrogens is 4. The van der Waals surface area contributed by atoms with Gasteiger partial charge < -0.3 is 15.7 Å². The highest BCUT2D eigenvalue weighted by Crippen LogP contribution is 2.35. The molecular weight excluding hydrogens is 438 g/mol. The number of aliphatic imine (C=N–C) groups is 1. The van der Waals surface area contributed by atoms with Gasteiger partial charge in [-0.3, -0.25) is 9.67 Å². The second-order valence-corrected chi connectivity index (χ2v) is 8.87. The molecule has 0 radical (unpaired) electrons. The van der Waals surface area contributed by atoms with Gasteiger partial charge in [-0.2, -0.15) is 5.10 Å². The first-order valence-electron chi connectivity index (χ1n) is 10.8. The van der Waals surface area contributed by atoms with Crippen LogP contribution in [0, 0.1) is 5.92 Å². The van der Waals surface area contributed by atoms with Gasteiger partial charge in [-0.25, -0.2) is 9.97 Å². The molecule has 0 fully saturated rings. The van der Waals surface area contributed by atoms with E-state index >= 15 is 0 Å². The van der Waals surface area contributed by atoms with Crippen LogP contribution in [0.15, 0.2) is 41.7 Å². The molecule has 0 amide bonds. The number of hydrogen-bond acceptors (Lipinski definition) is 7. The predicted molar refractivity (Wildman–Crippen MR) is 135 cm³/mol. The molecule has 3 heterocycles. The van der Waals surface area contributed by atoms with Crippen molar-refractivity contribution >= 4 is 44.9 Å². The molecule has 0 unspecified atom stereocenters. The Morgan fingerprint density at radius 1 is 1.30 bits per heavy atom. The summed E-state index contributed by atoms with van der Waals surface area (Å²) in [6, 6.07) is 7.25. The molecule has 0 aliphatic heterocycles. The number of nitrogens with two attached hydrogens (primary N) is 1. The van der Waals surface area contributed by atoms with Crippen LogP contribution in [0.1, 0.15) is 13.8 Å². The molecular formula is C24H28ClN7O. The molecule has 33 heavy (non-hydrogen) atoms. The first-order chi connectivity index (χ1) is 15.8. The molecule has 1 aromatic carbocycles. The van der Waals surface area contributed by atoms with E-state index in [-0.39, 0.29) is 5.75 Å². The Kier molecular flexibility index (Phi) is 6.49. The summed E-state index contributed by atoms with van der Waals surface area (Å²) in [7, 11) is 3.63. The minimum absolute atomic E-state index is 0.0945. The standard InChI is InChI=1S/C24H28ClN7O/c1-14(9-26)11-32(12-15(2)27-3)17-6-18-20(25)7-22(29-24(18)28-10-17)19-5-16-13-31(4)30-21(16)8-23(19)33/h5-8,10,13-14,33H,9,11-12,26H2,1-4H3/t14-/m1/s1. The zero-order valence-corrected chi connectivity index (χ0v) is 20.0. The number of rotatable bonds is 7. The van der Waals surface area contributed by atoms with Crippen molar-refractivity contribution < 1.29 is 5.11 Å². The van der Waals surface area contributed by atoms with Crippen molar-refractivity contribution in [3.8, 4) is 17.0 Å². The maximum Gasteiger partial charge on any atom is 0.161 e. The van der Waals surface area contributed by atoms with Crippen molar-refractivity contribution in [3.05, 3.63) is 41.7 Å². The van der Waals surface area contributed by atoms with Crippen LogP contribution in [0.2, 0.25) is 5.02 Å². The number of anilines is 1. The number of halogens is 1. The number of phenolic OH excluding ortho intramolecular Hbond substituents is 1. The maximum atomic E-state index is 10.6. The molecule has 9 heteroatoms. The SMILES string of the molecule is CN=C(C)CN(C[C@H](C)CN)c1cnc2nc(-c3cc4cn(C)nc4cc3O)cc(Cl)c2c1. The number of phenols is 1. The van der Waals surface area contributed by atoms with Crippen LogP contribution in [0.5, 0.6) is 5.75 Å². The Balaban J connectivity index is 1.76. The zero-order valence-electron chi connectivity index (χ0n) is 19.2. The Hall–Kier alpha value is -3.23. The van der Waals surface area contributed by atoms with Gasteiger partial charge in [0.15, 0.2) is 5.65 Å². The van der Waals surface area contributed by atoms with Gasteiger partial charge in [0.05, 0.1) is 34.7 Å². The van der Waals surface area contributed by atoms with E-state index in [9.17, 15) is 5.11 Å². The second kappa shape index (κ2) is 9.33. The number of nitrogens with zero attached hydrogens (tertiary/aromatic N) is 6. The van der Waals surface area contributed by atoms with Crippen molar-refractivity contribution in [2.45, 2.75) is 13.8 Å². The Morgan fingerprint density at radius 2 is 2.09 bits per heavy atom. The lowest BCUT2D eigenvalue weighted by molar-refractivity contribution is 0.478. The molecule has 0 aliphatic rings. The first-order valence-corrected chi connectivity index (χ1v) is 11.2. The summed E-state index contributed by atoms with van der Waals surface area (Å²) in [6.45, 7) is 6.17. The summed E-state index contributed by atoms with van der Waals surface area (Å²) in [5, 5.41) is 17.1. The van der Waals surface area contributed by atoms with Crippen LogP contribution >= 0.6 is 11.6 Å². The van der Waals surface area contributed by atoms with Gasteiger partial charge in [0, 0.05) is 55.0 Å². The van der Waals surface area contributed by atoms with Crippen LogP contribution in [0.25, 0.3) is 33.2 Å². The summed E-state index contributed by atoms with van der Waals surface area (Å²) < 4.78 is 1.71. The molecule has 0 saturated heterocycles. The molecule has 4 rings (SSSR count). The number of aromatic hydroxyl groups is 1. The van der Waals surface area contributed by atoms with Crippen molar-refractivity contribution in [1.29, 1.82) is 0 Å². The highest BCUT2D eigenvalue weighted by molar-refractivity contribution is 6.35. The number of aryl methyl sites for hydroxylation is 1. The predicted octanol–water partition coefficient (Wildman–Crippen LogP) is 4.03. The third-order valence-electron chi connectivity index (χ3n) is 5.71. The summed E-state index contributed by atoms with van der Waals surface area (Å²) in [5.41, 5.74) is 10.2. The normalized spacial score (nSPS) is 13.1. The molecule has 1 atom stereocenters. The van der Waals surface area contributed by atoms with Gasteiger partial charge in [-0.15, -0.1) is 0 Å². The minimum Gasteiger partial charge on any atom is -0.507 e. The van der Waals surface area contributed by atoms with Crippen molar-refractivity contribution in [1.82, 2.24) is 19.7 Å². The molecule has 8 nitrogen and oxygen atoms in total. The molecule has 3 aromatic heterocycles. The Bertz CT molecular complexity index is 1350. The fraction of sp³-hybridized carbons (Fsp3) is 0.333. The first kappa shape index (κ1) is 22.9. The molecule has 3 N–H and O–H groups in total. The van der Waals surface area contributed by atoms with E-state index in [1.165, 1.54) is 0 Å². The topological polar surface area (TPSA) is 105 Å². The van der Waals surface area contributed by atoms with Crippen LogP contribution in [0.3, 0.4) is 0 Å². The van der Waals surface area contributed by atoms with Crippen molar-refractivity contribution in [2.75, 3.05) is 31.6 Å². The van der Waals surface area contributed by atoms with E-state index in [0.717, 1.165) is 28.7 Å². The van der Waals surface area contributed by atoms with Crippen LogP contribution in [-0.2, 0) is 7.05 Å². The average molecular weight is 466 g/mol. The van der Waals surface area contributed by atoms with Crippen molar-refractivity contribution in [2.24, 2.45) is 23.7 Å². The third-order valence-corrected chi connectivity index (χ3v) is 6.03. The highest BCUT2D eigenvalue weighted by Gasteiger charge is 2.16. The Labute approximate surface area is 197 Å². The van der Waals surface area contributed by atoms with Crippen molar-refractivity contribution in [3.63, 3.8) is 0 Å². The third kappa shape index (κ3) is 4.77. The van der Waals surface area contributed by atoms with Gasteiger partial charge in [-0.1, -0.05) is 18.5 Å². The van der Waals surface area contributed by atoms with Gasteiger partial charge in [-0.05, 0) is 37.6 Å². The molecule has 0 spiro atoms. The monoisotopic (exact) mass is 465 g/mol. The van der Waals surface area contributed by atoms with Gasteiger partial charge >= 0.3 is 0 Å². The van der Waals surface area contributed by atoms with E-state index in [1.54, 1.807) is 30.1 Å². The molecule has 0 saturated carbocycles. The molecule has 172 valence electrons. The lowest BCUT2D eigenvalue weighted by atomic mass is 10.1. The van der Waals surface area contributed by atoms with Gasteiger partial charge in [0.2, 0.25) is 0 Å². The number of hydrogen-bond donors (Lipinski definition) is 2. The molecule has 0 bridgehead atoms. The summed E-state index contributed by atoms with van der Waals surface area (Å²) >= 11 is 6.69. The van der Waals surface area contributed by atoms with Gasteiger partial charge in [0.25, 0.3) is 0 Å². The minimum atomic E-state index is 0.0945. The lowest BCUT2D eigenvalue weighted by Gasteiger charge is -2.27. The maximum absolute atomic E-state index is 10.6. The summed E-state index contributed by atoms with van der Waals surface area (Å²) in [5.74, 6) is 0.406. The number of benzene rings is 1. The lowest BCUT2D eigenvalue weighted by Crippen LogP contribution is -2.35. The molecule has 4 aromatic rings. The van der Waals surface area contributed by atoms with Crippen LogP contribution < -0.4 is 10.6 Å². The zero-order chi connectivity index (χ0) is 23.7. The van der Waals surface area contributed by atoms with E-state index in [0.29, 0.717) is 46.5 Å². The van der Waals surface area contributed by atoms with E-state index < -0.39 is 0 Å². The fourth-order valence-electron chi connectivity index (χ4n) is 3.81. The largest absolute Gasteiger partial charge is 0.507 e. The van der Waals surface area contributed by atoms with E-state index in [1.807, 2.05) is 32.3 Å².